The van der Waals surface area contributed by atoms with Crippen molar-refractivity contribution in [2.75, 3.05) is 20.7 Å². The van der Waals surface area contributed by atoms with Crippen LogP contribution in [0.2, 0.25) is 0 Å². The van der Waals surface area contributed by atoms with E-state index in [1.807, 2.05) is 7.05 Å². The van der Waals surface area contributed by atoms with Gasteiger partial charge in [0.1, 0.15) is 5.75 Å². The van der Waals surface area contributed by atoms with Crippen molar-refractivity contribution in [1.29, 1.82) is 0 Å². The molecular formula is C12H20N2O. The first-order valence-corrected chi connectivity index (χ1v) is 5.16. The zero-order chi connectivity index (χ0) is 11.4. The Hall–Kier alpha value is -1.06. The van der Waals surface area contributed by atoms with Crippen molar-refractivity contribution >= 4 is 0 Å². The molecule has 1 aromatic rings. The van der Waals surface area contributed by atoms with Gasteiger partial charge in [0, 0.05) is 12.6 Å². The Labute approximate surface area is 91.6 Å². The Bertz CT molecular complexity index is 309. The average Bonchev–Trinajstić information content (AvgIpc) is 2.19. The van der Waals surface area contributed by atoms with Gasteiger partial charge in [-0.15, -0.1) is 0 Å². The molecule has 1 unspecified atom stereocenters. The summed E-state index contributed by atoms with van der Waals surface area (Å²) in [5.41, 5.74) is 9.22. The highest BCUT2D eigenvalue weighted by Crippen LogP contribution is 2.26. The van der Waals surface area contributed by atoms with Crippen LogP contribution in [0.3, 0.4) is 0 Å². The van der Waals surface area contributed by atoms with Crippen LogP contribution in [0.1, 0.15) is 22.7 Å². The molecule has 0 aliphatic heterocycles. The van der Waals surface area contributed by atoms with Gasteiger partial charge < -0.3 is 15.8 Å². The number of ether oxygens (including phenoxy) is 1. The van der Waals surface area contributed by atoms with E-state index in [2.05, 4.69) is 31.3 Å². The molecule has 1 atom stereocenters. The molecule has 0 radical (unpaired) electrons. The maximum Gasteiger partial charge on any atom is 0.124 e. The Balaban J connectivity index is 3.12. The van der Waals surface area contributed by atoms with Crippen LogP contribution in [-0.2, 0) is 0 Å². The molecule has 0 aromatic heterocycles. The topological polar surface area (TPSA) is 47.3 Å². The predicted octanol–water partition coefficient (Wildman–Crippen LogP) is 1.53. The minimum atomic E-state index is 0.216. The molecule has 3 nitrogen and oxygen atoms in total. The minimum absolute atomic E-state index is 0.216. The number of benzene rings is 1. The first-order valence-electron chi connectivity index (χ1n) is 5.16. The molecule has 1 aromatic carbocycles. The number of methoxy groups -OCH3 is 1. The molecule has 0 bridgehead atoms. The second-order valence-electron chi connectivity index (χ2n) is 3.76. The number of likely N-dealkylation sites (N-methyl/N-ethyl adjacent to an activating group) is 1. The zero-order valence-electron chi connectivity index (χ0n) is 9.92. The van der Waals surface area contributed by atoms with E-state index in [1.54, 1.807) is 7.11 Å². The summed E-state index contributed by atoms with van der Waals surface area (Å²) < 4.78 is 5.33. The van der Waals surface area contributed by atoms with Crippen molar-refractivity contribution in [3.8, 4) is 5.75 Å². The minimum Gasteiger partial charge on any atom is -0.496 e. The monoisotopic (exact) mass is 208 g/mol. The highest BCUT2D eigenvalue weighted by Gasteiger charge is 2.11. The fourth-order valence-electron chi connectivity index (χ4n) is 1.93. The van der Waals surface area contributed by atoms with Crippen LogP contribution in [0.15, 0.2) is 12.1 Å². The molecule has 1 rings (SSSR count). The second-order valence-corrected chi connectivity index (χ2v) is 3.76. The van der Waals surface area contributed by atoms with Gasteiger partial charge >= 0.3 is 0 Å². The summed E-state index contributed by atoms with van der Waals surface area (Å²) in [7, 11) is 3.62. The lowest BCUT2D eigenvalue weighted by Crippen LogP contribution is -2.25. The lowest BCUT2D eigenvalue weighted by Gasteiger charge is -2.17. The average molecular weight is 208 g/mol. The van der Waals surface area contributed by atoms with E-state index in [-0.39, 0.29) is 6.04 Å². The van der Waals surface area contributed by atoms with Gasteiger partial charge in [-0.1, -0.05) is 12.1 Å². The Morgan fingerprint density at radius 1 is 1.33 bits per heavy atom. The summed E-state index contributed by atoms with van der Waals surface area (Å²) in [5, 5.41) is 3.19. The van der Waals surface area contributed by atoms with Gasteiger partial charge in [-0.05, 0) is 37.6 Å². The first-order chi connectivity index (χ1) is 7.13. The fraction of sp³-hybridized carbons (Fsp3) is 0.500. The molecular weight excluding hydrogens is 188 g/mol. The third kappa shape index (κ3) is 2.49. The van der Waals surface area contributed by atoms with Crippen molar-refractivity contribution in [3.63, 3.8) is 0 Å². The highest BCUT2D eigenvalue weighted by molar-refractivity contribution is 5.44. The van der Waals surface area contributed by atoms with Crippen LogP contribution in [-0.4, -0.2) is 20.7 Å². The molecule has 84 valence electrons. The van der Waals surface area contributed by atoms with E-state index in [1.165, 1.54) is 5.56 Å². The number of nitrogens with one attached hydrogen (secondary N) is 1. The van der Waals surface area contributed by atoms with Crippen molar-refractivity contribution in [2.24, 2.45) is 5.73 Å². The molecule has 0 aliphatic rings. The molecule has 0 saturated carbocycles. The lowest BCUT2D eigenvalue weighted by molar-refractivity contribution is 0.408. The normalized spacial score (nSPS) is 12.6. The SMILES string of the molecule is CNC(CN)c1cc(C)c(OC)c(C)c1. The van der Waals surface area contributed by atoms with E-state index in [9.17, 15) is 0 Å². The van der Waals surface area contributed by atoms with Gasteiger partial charge in [-0.25, -0.2) is 0 Å². The van der Waals surface area contributed by atoms with Crippen molar-refractivity contribution in [3.05, 3.63) is 28.8 Å². The van der Waals surface area contributed by atoms with Crippen LogP contribution in [0, 0.1) is 13.8 Å². The molecule has 0 saturated heterocycles. The van der Waals surface area contributed by atoms with Crippen molar-refractivity contribution in [2.45, 2.75) is 19.9 Å². The summed E-state index contributed by atoms with van der Waals surface area (Å²) in [4.78, 5) is 0. The van der Waals surface area contributed by atoms with Gasteiger partial charge in [-0.3, -0.25) is 0 Å². The van der Waals surface area contributed by atoms with Crippen LogP contribution in [0.4, 0.5) is 0 Å². The van der Waals surface area contributed by atoms with Crippen LogP contribution < -0.4 is 15.8 Å². The smallest absolute Gasteiger partial charge is 0.124 e. The summed E-state index contributed by atoms with van der Waals surface area (Å²) >= 11 is 0. The number of aryl methyl sites for hydroxylation is 2. The largest absolute Gasteiger partial charge is 0.496 e. The van der Waals surface area contributed by atoms with Gasteiger partial charge in [0.05, 0.1) is 7.11 Å². The van der Waals surface area contributed by atoms with E-state index < -0.39 is 0 Å². The standard InChI is InChI=1S/C12H20N2O/c1-8-5-10(11(7-13)14-3)6-9(2)12(8)15-4/h5-6,11,14H,7,13H2,1-4H3. The van der Waals surface area contributed by atoms with Crippen LogP contribution in [0.5, 0.6) is 5.75 Å². The molecule has 0 heterocycles. The third-order valence-corrected chi connectivity index (χ3v) is 2.67. The van der Waals surface area contributed by atoms with E-state index in [4.69, 9.17) is 10.5 Å². The molecule has 3 heteroatoms. The Morgan fingerprint density at radius 2 is 1.87 bits per heavy atom. The quantitative estimate of drug-likeness (QED) is 0.789. The zero-order valence-corrected chi connectivity index (χ0v) is 9.92. The number of hydrogen-bond donors (Lipinski definition) is 2. The summed E-state index contributed by atoms with van der Waals surface area (Å²) in [5.74, 6) is 0.964. The number of rotatable bonds is 4. The Morgan fingerprint density at radius 3 is 2.20 bits per heavy atom. The maximum absolute atomic E-state index is 5.69. The van der Waals surface area contributed by atoms with E-state index >= 15 is 0 Å². The fourth-order valence-corrected chi connectivity index (χ4v) is 1.93. The van der Waals surface area contributed by atoms with Crippen molar-refractivity contribution in [1.82, 2.24) is 5.32 Å². The molecule has 3 N–H and O–H groups in total. The lowest BCUT2D eigenvalue weighted by atomic mass is 10.0. The summed E-state index contributed by atoms with van der Waals surface area (Å²) in [6.07, 6.45) is 0. The first kappa shape index (κ1) is 12.0. The van der Waals surface area contributed by atoms with Crippen molar-refractivity contribution < 1.29 is 4.74 Å². The predicted molar refractivity (Wildman–Crippen MR) is 63.3 cm³/mol. The van der Waals surface area contributed by atoms with Gasteiger partial charge in [0.2, 0.25) is 0 Å². The van der Waals surface area contributed by atoms with Gasteiger partial charge in [-0.2, -0.15) is 0 Å². The van der Waals surface area contributed by atoms with Gasteiger partial charge in [0.25, 0.3) is 0 Å². The second kappa shape index (κ2) is 5.14. The van der Waals surface area contributed by atoms with Crippen LogP contribution in [0.25, 0.3) is 0 Å². The molecule has 0 spiro atoms. The third-order valence-electron chi connectivity index (χ3n) is 2.67. The van der Waals surface area contributed by atoms with E-state index in [0.717, 1.165) is 16.9 Å². The summed E-state index contributed by atoms with van der Waals surface area (Å²) in [6, 6.07) is 4.47. The van der Waals surface area contributed by atoms with E-state index in [0.29, 0.717) is 6.54 Å². The summed E-state index contributed by atoms with van der Waals surface area (Å²) in [6.45, 7) is 4.71. The Kier molecular flexibility index (Phi) is 4.12. The number of hydrogen-bond acceptors (Lipinski definition) is 3. The molecule has 0 aliphatic carbocycles. The molecule has 15 heavy (non-hydrogen) atoms. The highest BCUT2D eigenvalue weighted by atomic mass is 16.5. The maximum atomic E-state index is 5.69. The van der Waals surface area contributed by atoms with Crippen LogP contribution >= 0.6 is 0 Å². The molecule has 0 amide bonds. The molecule has 0 fully saturated rings. The number of nitrogens with two attached hydrogens (primary N) is 1. The van der Waals surface area contributed by atoms with Gasteiger partial charge in [0.15, 0.2) is 0 Å².